The molecule has 3 aromatic rings. The topological polar surface area (TPSA) is 27.7 Å². The number of halogens is 3. The van der Waals surface area contributed by atoms with E-state index < -0.39 is 12.3 Å². The highest BCUT2D eigenvalue weighted by Crippen LogP contribution is 2.29. The van der Waals surface area contributed by atoms with E-state index in [0.717, 1.165) is 66.9 Å². The van der Waals surface area contributed by atoms with Crippen LogP contribution in [0.1, 0.15) is 102 Å². The molecule has 3 nitrogen and oxygen atoms in total. The molecule has 0 N–H and O–H groups in total. The first kappa shape index (κ1) is 36.2. The summed E-state index contributed by atoms with van der Waals surface area (Å²) < 4.78 is 57.2. The van der Waals surface area contributed by atoms with Crippen LogP contribution >= 0.6 is 0 Å². The fraction of sp³-hybridized carbons (Fsp3) is 0.487. The predicted molar refractivity (Wildman–Crippen MR) is 179 cm³/mol. The van der Waals surface area contributed by atoms with Gasteiger partial charge in [-0.1, -0.05) is 119 Å². The van der Waals surface area contributed by atoms with Crippen LogP contribution in [-0.2, 0) is 18.0 Å². The van der Waals surface area contributed by atoms with Gasteiger partial charge in [0.2, 0.25) is 0 Å². The lowest BCUT2D eigenvalue weighted by Crippen LogP contribution is -2.31. The first-order valence-electron chi connectivity index (χ1n) is 16.7. The van der Waals surface area contributed by atoms with E-state index in [4.69, 9.17) is 14.2 Å². The van der Waals surface area contributed by atoms with Gasteiger partial charge in [0.05, 0.1) is 13.2 Å². The zero-order valence-electron chi connectivity index (χ0n) is 27.0. The van der Waals surface area contributed by atoms with Crippen LogP contribution in [0.3, 0.4) is 0 Å². The number of alkyl halides is 3. The second-order valence-corrected chi connectivity index (χ2v) is 11.7. The number of allylic oxidation sites excluding steroid dienone is 1. The molecule has 0 radical (unpaired) electrons. The summed E-state index contributed by atoms with van der Waals surface area (Å²) in [7, 11) is 0. The molecule has 3 aromatic carbocycles. The van der Waals surface area contributed by atoms with Crippen LogP contribution in [0.15, 0.2) is 85.5 Å². The molecule has 0 bridgehead atoms. The Hall–Kier alpha value is -3.25. The average molecular weight is 625 g/mol. The monoisotopic (exact) mass is 624 g/mol. The third-order valence-corrected chi connectivity index (χ3v) is 7.93. The molecule has 0 aliphatic carbocycles. The van der Waals surface area contributed by atoms with E-state index in [0.29, 0.717) is 18.6 Å². The van der Waals surface area contributed by atoms with Gasteiger partial charge in [0.15, 0.2) is 6.10 Å². The maximum Gasteiger partial charge on any atom is 0.414 e. The first-order chi connectivity index (χ1) is 21.9. The van der Waals surface area contributed by atoms with Gasteiger partial charge in [-0.15, -0.1) is 6.58 Å². The van der Waals surface area contributed by atoms with Gasteiger partial charge in [-0.2, -0.15) is 13.2 Å². The average Bonchev–Trinajstić information content (AvgIpc) is 3.05. The van der Waals surface area contributed by atoms with Crippen LogP contribution < -0.4 is 9.47 Å². The molecule has 0 fully saturated rings. The lowest BCUT2D eigenvalue weighted by Gasteiger charge is -2.21. The number of unbranched alkanes of at least 4 members (excludes halogenated alkanes) is 10. The first-order valence-corrected chi connectivity index (χ1v) is 16.7. The summed E-state index contributed by atoms with van der Waals surface area (Å²) in [5.74, 6) is 1.64. The van der Waals surface area contributed by atoms with Gasteiger partial charge in [0.25, 0.3) is 0 Å². The van der Waals surface area contributed by atoms with Crippen LogP contribution in [0.25, 0.3) is 11.1 Å². The van der Waals surface area contributed by atoms with Gasteiger partial charge in [-0.05, 0) is 72.2 Å². The van der Waals surface area contributed by atoms with Gasteiger partial charge in [-0.3, -0.25) is 0 Å². The van der Waals surface area contributed by atoms with Crippen LogP contribution in [0.5, 0.6) is 11.5 Å². The van der Waals surface area contributed by atoms with Crippen LogP contribution in [0.4, 0.5) is 13.2 Å². The molecule has 246 valence electrons. The molecule has 0 heterocycles. The Morgan fingerprint density at radius 2 is 1.13 bits per heavy atom. The highest BCUT2D eigenvalue weighted by molar-refractivity contribution is 5.64. The number of hydrogen-bond acceptors (Lipinski definition) is 3. The predicted octanol–water partition coefficient (Wildman–Crippen LogP) is 12.0. The van der Waals surface area contributed by atoms with Crippen molar-refractivity contribution in [1.82, 2.24) is 0 Å². The Labute approximate surface area is 268 Å². The standard InChI is InChI=1S/C39H51F3O3/c1-3-5-7-9-10-11-12-13-15-29-43-36-25-21-34(22-26-36)35-23-27-37(28-24-35)44-30-32-17-19-33(20-18-32)31-45-38(39(40,41)42)16-14-8-6-4-2/h3,17-28,38H,1,4-16,29-31H2,2H3. The van der Waals surface area contributed by atoms with Gasteiger partial charge in [0, 0.05) is 0 Å². The summed E-state index contributed by atoms with van der Waals surface area (Å²) in [6, 6.07) is 23.5. The summed E-state index contributed by atoms with van der Waals surface area (Å²) in [6.07, 6.45) is 9.04. The Kier molecular flexibility index (Phi) is 16.7. The molecule has 0 aromatic heterocycles. The summed E-state index contributed by atoms with van der Waals surface area (Å²) >= 11 is 0. The number of ether oxygens (including phenoxy) is 3. The molecule has 3 rings (SSSR count). The number of benzene rings is 3. The lowest BCUT2D eigenvalue weighted by atomic mass is 10.1. The van der Waals surface area contributed by atoms with E-state index in [1.165, 1.54) is 38.5 Å². The molecule has 6 heteroatoms. The Bertz CT molecular complexity index is 1190. The Morgan fingerprint density at radius 3 is 1.69 bits per heavy atom. The van der Waals surface area contributed by atoms with Crippen molar-refractivity contribution >= 4 is 0 Å². The second kappa shape index (κ2) is 20.7. The molecular formula is C39H51F3O3. The fourth-order valence-electron chi connectivity index (χ4n) is 5.15. The second-order valence-electron chi connectivity index (χ2n) is 11.7. The summed E-state index contributed by atoms with van der Waals surface area (Å²) in [5, 5.41) is 0. The highest BCUT2D eigenvalue weighted by atomic mass is 19.4. The quantitative estimate of drug-likeness (QED) is 0.0776. The zero-order valence-corrected chi connectivity index (χ0v) is 27.0. The van der Waals surface area contributed by atoms with Gasteiger partial charge >= 0.3 is 6.18 Å². The van der Waals surface area contributed by atoms with E-state index in [-0.39, 0.29) is 13.0 Å². The number of hydrogen-bond donors (Lipinski definition) is 0. The van der Waals surface area contributed by atoms with Gasteiger partial charge in [0.1, 0.15) is 18.1 Å². The molecule has 0 spiro atoms. The molecular weight excluding hydrogens is 573 g/mol. The molecule has 0 aliphatic rings. The Balaban J connectivity index is 1.36. The smallest absolute Gasteiger partial charge is 0.414 e. The van der Waals surface area contributed by atoms with Gasteiger partial charge < -0.3 is 14.2 Å². The van der Waals surface area contributed by atoms with E-state index in [9.17, 15) is 13.2 Å². The van der Waals surface area contributed by atoms with Crippen LogP contribution in [0.2, 0.25) is 0 Å². The van der Waals surface area contributed by atoms with E-state index in [2.05, 4.69) is 18.7 Å². The summed E-state index contributed by atoms with van der Waals surface area (Å²) in [4.78, 5) is 0. The molecule has 0 saturated heterocycles. The number of rotatable bonds is 23. The minimum Gasteiger partial charge on any atom is -0.494 e. The van der Waals surface area contributed by atoms with Crippen molar-refractivity contribution in [2.45, 2.75) is 116 Å². The molecule has 45 heavy (non-hydrogen) atoms. The maximum absolute atomic E-state index is 13.4. The maximum atomic E-state index is 13.4. The van der Waals surface area contributed by atoms with Gasteiger partial charge in [-0.25, -0.2) is 0 Å². The normalized spacial score (nSPS) is 12.2. The summed E-state index contributed by atoms with van der Waals surface area (Å²) in [6.45, 7) is 6.86. The molecule has 0 aliphatic heterocycles. The van der Waals surface area contributed by atoms with Crippen molar-refractivity contribution in [3.63, 3.8) is 0 Å². The Morgan fingerprint density at radius 1 is 0.622 bits per heavy atom. The van der Waals surface area contributed by atoms with E-state index in [1.807, 2.05) is 61.5 Å². The third kappa shape index (κ3) is 14.6. The molecule has 0 amide bonds. The molecule has 1 atom stereocenters. The minimum absolute atomic E-state index is 0.00561. The lowest BCUT2D eigenvalue weighted by molar-refractivity contribution is -0.225. The zero-order chi connectivity index (χ0) is 32.2. The van der Waals surface area contributed by atoms with Crippen molar-refractivity contribution in [1.29, 1.82) is 0 Å². The van der Waals surface area contributed by atoms with Crippen LogP contribution in [-0.4, -0.2) is 18.9 Å². The third-order valence-electron chi connectivity index (χ3n) is 7.93. The van der Waals surface area contributed by atoms with Crippen molar-refractivity contribution in [2.75, 3.05) is 6.61 Å². The highest BCUT2D eigenvalue weighted by Gasteiger charge is 2.40. The fourth-order valence-corrected chi connectivity index (χ4v) is 5.15. The minimum atomic E-state index is -4.35. The van der Waals surface area contributed by atoms with E-state index >= 15 is 0 Å². The molecule has 1 unspecified atom stereocenters. The van der Waals surface area contributed by atoms with Crippen molar-refractivity contribution in [3.8, 4) is 22.6 Å². The SMILES string of the molecule is C=CCCCCCCCCCOc1ccc(-c2ccc(OCc3ccc(COC(CCCCCC)C(F)(F)F)cc3)cc2)cc1. The van der Waals surface area contributed by atoms with Crippen molar-refractivity contribution in [3.05, 3.63) is 96.6 Å². The largest absolute Gasteiger partial charge is 0.494 e. The van der Waals surface area contributed by atoms with E-state index in [1.54, 1.807) is 12.1 Å². The van der Waals surface area contributed by atoms with Crippen molar-refractivity contribution in [2.24, 2.45) is 0 Å². The van der Waals surface area contributed by atoms with Crippen molar-refractivity contribution < 1.29 is 27.4 Å². The summed E-state index contributed by atoms with van der Waals surface area (Å²) in [5.41, 5.74) is 3.85. The van der Waals surface area contributed by atoms with Crippen LogP contribution in [0, 0.1) is 0 Å². The molecule has 0 saturated carbocycles.